The zero-order chi connectivity index (χ0) is 14.5. The molecular weight excluding hydrogens is 264 g/mol. The van der Waals surface area contributed by atoms with E-state index >= 15 is 0 Å². The van der Waals surface area contributed by atoms with Gasteiger partial charge in [0.15, 0.2) is 0 Å². The maximum absolute atomic E-state index is 5.77. The Kier molecular flexibility index (Phi) is 5.55. The fourth-order valence-corrected chi connectivity index (χ4v) is 3.19. The first kappa shape index (κ1) is 15.5. The molecule has 1 aromatic rings. The first-order valence-electron chi connectivity index (χ1n) is 7.67. The second-order valence-electron chi connectivity index (χ2n) is 6.21. The van der Waals surface area contributed by atoms with Gasteiger partial charge in [0.05, 0.1) is 4.99 Å². The van der Waals surface area contributed by atoms with Crippen molar-refractivity contribution in [2.75, 3.05) is 6.54 Å². The maximum atomic E-state index is 5.77. The number of benzene rings is 1. The predicted octanol–water partition coefficient (Wildman–Crippen LogP) is 3.84. The highest BCUT2D eigenvalue weighted by Gasteiger charge is 2.23. The summed E-state index contributed by atoms with van der Waals surface area (Å²) in [5.41, 5.74) is 8.53. The highest BCUT2D eigenvalue weighted by Crippen LogP contribution is 2.25. The molecule has 2 nitrogen and oxygen atoms in total. The van der Waals surface area contributed by atoms with Crippen molar-refractivity contribution in [3.05, 3.63) is 35.4 Å². The van der Waals surface area contributed by atoms with Crippen LogP contribution in [0.15, 0.2) is 24.3 Å². The highest BCUT2D eigenvalue weighted by molar-refractivity contribution is 7.80. The van der Waals surface area contributed by atoms with Crippen LogP contribution < -0.4 is 5.73 Å². The predicted molar refractivity (Wildman–Crippen MR) is 90.0 cm³/mol. The standard InChI is InChI=1S/C17H26N2S/c1-13(2)15-9-7-14(8-10-15)11-19(12-17(18)20)16-5-3-4-6-16/h7-10,13,16H,3-6,11-12H2,1-2H3,(H2,18,20). The molecule has 2 rings (SSSR count). The molecule has 0 amide bonds. The van der Waals surface area contributed by atoms with E-state index in [1.54, 1.807) is 0 Å². The highest BCUT2D eigenvalue weighted by atomic mass is 32.1. The van der Waals surface area contributed by atoms with Crippen LogP contribution in [0.1, 0.15) is 56.6 Å². The van der Waals surface area contributed by atoms with Gasteiger partial charge in [0.25, 0.3) is 0 Å². The van der Waals surface area contributed by atoms with Crippen molar-refractivity contribution < 1.29 is 0 Å². The number of rotatable bonds is 6. The molecule has 0 aliphatic heterocycles. The first-order chi connectivity index (χ1) is 9.56. The zero-order valence-corrected chi connectivity index (χ0v) is 13.5. The van der Waals surface area contributed by atoms with Gasteiger partial charge in [-0.25, -0.2) is 0 Å². The van der Waals surface area contributed by atoms with Crippen LogP contribution in [0, 0.1) is 0 Å². The molecule has 3 heteroatoms. The van der Waals surface area contributed by atoms with Crippen LogP contribution in [0.2, 0.25) is 0 Å². The van der Waals surface area contributed by atoms with Gasteiger partial charge in [-0.2, -0.15) is 0 Å². The Bertz CT molecular complexity index is 433. The Labute approximate surface area is 128 Å². The Balaban J connectivity index is 2.04. The summed E-state index contributed by atoms with van der Waals surface area (Å²) in [5.74, 6) is 0.589. The lowest BCUT2D eigenvalue weighted by Crippen LogP contribution is -2.38. The van der Waals surface area contributed by atoms with Gasteiger partial charge in [-0.1, -0.05) is 63.2 Å². The van der Waals surface area contributed by atoms with E-state index in [1.165, 1.54) is 36.8 Å². The molecule has 1 aromatic carbocycles. The molecule has 0 aromatic heterocycles. The van der Waals surface area contributed by atoms with Crippen LogP contribution in [0.3, 0.4) is 0 Å². The van der Waals surface area contributed by atoms with Crippen molar-refractivity contribution in [1.82, 2.24) is 4.90 Å². The fourth-order valence-electron chi connectivity index (χ4n) is 3.03. The second kappa shape index (κ2) is 7.19. The van der Waals surface area contributed by atoms with E-state index in [1.807, 2.05) is 0 Å². The molecule has 0 unspecified atom stereocenters. The van der Waals surface area contributed by atoms with Crippen LogP contribution >= 0.6 is 12.2 Å². The second-order valence-corrected chi connectivity index (χ2v) is 6.73. The monoisotopic (exact) mass is 290 g/mol. The Morgan fingerprint density at radius 3 is 2.35 bits per heavy atom. The molecule has 0 heterocycles. The minimum atomic E-state index is 0.589. The molecule has 0 radical (unpaired) electrons. The summed E-state index contributed by atoms with van der Waals surface area (Å²) >= 11 is 5.11. The third kappa shape index (κ3) is 4.29. The van der Waals surface area contributed by atoms with Crippen LogP contribution in [-0.2, 0) is 6.54 Å². The van der Waals surface area contributed by atoms with Gasteiger partial charge in [0.2, 0.25) is 0 Å². The van der Waals surface area contributed by atoms with E-state index in [-0.39, 0.29) is 0 Å². The van der Waals surface area contributed by atoms with Gasteiger partial charge in [-0.3, -0.25) is 4.90 Å². The summed E-state index contributed by atoms with van der Waals surface area (Å²) in [7, 11) is 0. The van der Waals surface area contributed by atoms with E-state index in [0.717, 1.165) is 13.1 Å². The van der Waals surface area contributed by atoms with Gasteiger partial charge in [-0.05, 0) is 29.9 Å². The van der Waals surface area contributed by atoms with Crippen molar-refractivity contribution in [3.8, 4) is 0 Å². The van der Waals surface area contributed by atoms with E-state index in [0.29, 0.717) is 16.9 Å². The van der Waals surface area contributed by atoms with Crippen LogP contribution in [0.4, 0.5) is 0 Å². The van der Waals surface area contributed by atoms with Crippen molar-refractivity contribution in [2.24, 2.45) is 5.73 Å². The quantitative estimate of drug-likeness (QED) is 0.807. The molecule has 0 bridgehead atoms. The molecule has 0 spiro atoms. The Morgan fingerprint density at radius 1 is 1.25 bits per heavy atom. The third-order valence-electron chi connectivity index (χ3n) is 4.23. The third-order valence-corrected chi connectivity index (χ3v) is 4.36. The topological polar surface area (TPSA) is 29.3 Å². The number of nitrogens with zero attached hydrogens (tertiary/aromatic N) is 1. The van der Waals surface area contributed by atoms with E-state index in [9.17, 15) is 0 Å². The fraction of sp³-hybridized carbons (Fsp3) is 0.588. The molecule has 0 saturated heterocycles. The summed E-state index contributed by atoms with van der Waals surface area (Å²) in [5, 5.41) is 0. The van der Waals surface area contributed by atoms with Gasteiger partial charge in [-0.15, -0.1) is 0 Å². The summed E-state index contributed by atoms with van der Waals surface area (Å²) in [4.78, 5) is 3.07. The number of nitrogens with two attached hydrogens (primary N) is 1. The average Bonchev–Trinajstić information content (AvgIpc) is 2.92. The maximum Gasteiger partial charge on any atom is 0.0870 e. The number of hydrogen-bond donors (Lipinski definition) is 1. The lowest BCUT2D eigenvalue weighted by atomic mass is 10.0. The van der Waals surface area contributed by atoms with Gasteiger partial charge < -0.3 is 5.73 Å². The van der Waals surface area contributed by atoms with Crippen molar-refractivity contribution >= 4 is 17.2 Å². The largest absolute Gasteiger partial charge is 0.392 e. The van der Waals surface area contributed by atoms with Gasteiger partial charge in [0.1, 0.15) is 0 Å². The molecular formula is C17H26N2S. The smallest absolute Gasteiger partial charge is 0.0870 e. The van der Waals surface area contributed by atoms with E-state index < -0.39 is 0 Å². The molecule has 20 heavy (non-hydrogen) atoms. The molecule has 1 fully saturated rings. The average molecular weight is 290 g/mol. The van der Waals surface area contributed by atoms with Crippen molar-refractivity contribution in [2.45, 2.75) is 58.0 Å². The van der Waals surface area contributed by atoms with Gasteiger partial charge in [0, 0.05) is 19.1 Å². The molecule has 110 valence electrons. The van der Waals surface area contributed by atoms with Crippen LogP contribution in [-0.4, -0.2) is 22.5 Å². The Morgan fingerprint density at radius 2 is 1.85 bits per heavy atom. The lowest BCUT2D eigenvalue weighted by Gasteiger charge is -2.28. The lowest BCUT2D eigenvalue weighted by molar-refractivity contribution is 0.219. The first-order valence-corrected chi connectivity index (χ1v) is 8.08. The molecule has 0 atom stereocenters. The molecule has 2 N–H and O–H groups in total. The molecule has 1 aliphatic rings. The molecule has 1 saturated carbocycles. The van der Waals surface area contributed by atoms with Crippen molar-refractivity contribution in [3.63, 3.8) is 0 Å². The van der Waals surface area contributed by atoms with Crippen LogP contribution in [0.5, 0.6) is 0 Å². The summed E-state index contributed by atoms with van der Waals surface area (Å²) < 4.78 is 0. The summed E-state index contributed by atoms with van der Waals surface area (Å²) in [6, 6.07) is 9.63. The Hall–Kier alpha value is -0.930. The van der Waals surface area contributed by atoms with E-state index in [4.69, 9.17) is 18.0 Å². The SMILES string of the molecule is CC(C)c1ccc(CN(CC(N)=S)C2CCCC2)cc1. The van der Waals surface area contributed by atoms with Crippen LogP contribution in [0.25, 0.3) is 0 Å². The number of hydrogen-bond acceptors (Lipinski definition) is 2. The summed E-state index contributed by atoms with van der Waals surface area (Å²) in [6.45, 7) is 6.16. The van der Waals surface area contributed by atoms with Crippen molar-refractivity contribution in [1.29, 1.82) is 0 Å². The normalized spacial score (nSPS) is 16.2. The minimum Gasteiger partial charge on any atom is -0.392 e. The van der Waals surface area contributed by atoms with E-state index in [2.05, 4.69) is 43.0 Å². The van der Waals surface area contributed by atoms with Gasteiger partial charge >= 0.3 is 0 Å². The number of thiocarbonyl (C=S) groups is 1. The minimum absolute atomic E-state index is 0.589. The summed E-state index contributed by atoms with van der Waals surface area (Å²) in [6.07, 6.45) is 5.24. The molecule has 1 aliphatic carbocycles. The zero-order valence-electron chi connectivity index (χ0n) is 12.6.